The Labute approximate surface area is 162 Å². The molecule has 0 radical (unpaired) electrons. The minimum Gasteiger partial charge on any atom is -0.352 e. The van der Waals surface area contributed by atoms with Gasteiger partial charge in [0.25, 0.3) is 5.91 Å². The molecule has 1 saturated carbocycles. The van der Waals surface area contributed by atoms with Gasteiger partial charge in [-0.05, 0) is 37.5 Å². The number of thioether (sulfide) groups is 1. The van der Waals surface area contributed by atoms with E-state index < -0.39 is 5.25 Å². The van der Waals surface area contributed by atoms with Gasteiger partial charge in [0.15, 0.2) is 5.17 Å². The number of benzene rings is 2. The number of hydrogen-bond donors (Lipinski definition) is 1. The highest BCUT2D eigenvalue weighted by atomic mass is 32.2. The molecule has 2 aromatic rings. The van der Waals surface area contributed by atoms with Crippen molar-refractivity contribution >= 4 is 34.4 Å². The summed E-state index contributed by atoms with van der Waals surface area (Å²) in [7, 11) is 0. The predicted molar refractivity (Wildman–Crippen MR) is 109 cm³/mol. The molecular weight excluding hydrogens is 358 g/mol. The smallest absolute Gasteiger partial charge is 0.254 e. The van der Waals surface area contributed by atoms with Crippen LogP contribution in [0.3, 0.4) is 0 Å². The van der Waals surface area contributed by atoms with Crippen molar-refractivity contribution in [2.45, 2.75) is 31.1 Å². The zero-order valence-corrected chi connectivity index (χ0v) is 15.9. The molecule has 2 amide bonds. The van der Waals surface area contributed by atoms with Crippen LogP contribution in [0.5, 0.6) is 0 Å². The number of amidine groups is 1. The van der Waals surface area contributed by atoms with Crippen LogP contribution in [0.1, 0.15) is 29.2 Å². The molecule has 5 nitrogen and oxygen atoms in total. The third-order valence-corrected chi connectivity index (χ3v) is 5.81. The molecule has 0 bridgehead atoms. The first-order valence-corrected chi connectivity index (χ1v) is 9.96. The van der Waals surface area contributed by atoms with E-state index in [-0.39, 0.29) is 24.4 Å². The van der Waals surface area contributed by atoms with E-state index in [0.29, 0.717) is 5.17 Å². The highest BCUT2D eigenvalue weighted by Gasteiger charge is 2.34. The Hall–Kier alpha value is -2.60. The van der Waals surface area contributed by atoms with E-state index in [4.69, 9.17) is 0 Å². The maximum absolute atomic E-state index is 12.9. The monoisotopic (exact) mass is 379 g/mol. The average Bonchev–Trinajstić information content (AvgIpc) is 3.42. The van der Waals surface area contributed by atoms with Gasteiger partial charge < -0.3 is 5.32 Å². The highest BCUT2D eigenvalue weighted by Crippen LogP contribution is 2.35. The minimum absolute atomic E-state index is 0.0281. The Balaban J connectivity index is 1.60. The highest BCUT2D eigenvalue weighted by molar-refractivity contribution is 8.15. The molecule has 2 aromatic carbocycles. The lowest BCUT2D eigenvalue weighted by Gasteiger charge is -2.22. The van der Waals surface area contributed by atoms with Crippen LogP contribution in [-0.2, 0) is 9.59 Å². The Morgan fingerprint density at radius 2 is 1.85 bits per heavy atom. The van der Waals surface area contributed by atoms with Crippen LogP contribution < -0.4 is 10.2 Å². The standard InChI is InChI=1S/C21H21N3O2S/c1-14-7-11-17(12-8-14)24-18(25)13-22-21(24)27-19(15-5-3-2-4-6-15)20(26)23-16-9-10-16/h2-8,11-12,16,19H,9-10,13H2,1H3,(H,23,26)/t19-/m1/s1. The third-order valence-electron chi connectivity index (χ3n) is 4.57. The van der Waals surface area contributed by atoms with Gasteiger partial charge in [0.2, 0.25) is 5.91 Å². The minimum atomic E-state index is -0.440. The van der Waals surface area contributed by atoms with Crippen molar-refractivity contribution in [2.75, 3.05) is 11.4 Å². The molecule has 27 heavy (non-hydrogen) atoms. The summed E-state index contributed by atoms with van der Waals surface area (Å²) in [6.07, 6.45) is 2.07. The molecule has 0 aromatic heterocycles. The number of nitrogens with one attached hydrogen (secondary N) is 1. The number of carbonyl (C=O) groups is 2. The molecule has 0 saturated heterocycles. The van der Waals surface area contributed by atoms with Crippen molar-refractivity contribution in [3.8, 4) is 0 Å². The van der Waals surface area contributed by atoms with E-state index in [2.05, 4.69) is 10.3 Å². The largest absolute Gasteiger partial charge is 0.352 e. The summed E-state index contributed by atoms with van der Waals surface area (Å²) < 4.78 is 0. The van der Waals surface area contributed by atoms with E-state index in [0.717, 1.165) is 29.7 Å². The van der Waals surface area contributed by atoms with Gasteiger partial charge in [0, 0.05) is 6.04 Å². The van der Waals surface area contributed by atoms with E-state index >= 15 is 0 Å². The molecule has 1 N–H and O–H groups in total. The molecule has 4 rings (SSSR count). The molecule has 1 aliphatic heterocycles. The summed E-state index contributed by atoms with van der Waals surface area (Å²) in [6, 6.07) is 17.7. The normalized spacial score (nSPS) is 17.6. The zero-order valence-electron chi connectivity index (χ0n) is 15.1. The molecular formula is C21H21N3O2S. The number of aliphatic imine (C=N–C) groups is 1. The Morgan fingerprint density at radius 1 is 1.15 bits per heavy atom. The van der Waals surface area contributed by atoms with Gasteiger partial charge >= 0.3 is 0 Å². The molecule has 138 valence electrons. The van der Waals surface area contributed by atoms with Crippen molar-refractivity contribution in [3.05, 3.63) is 65.7 Å². The van der Waals surface area contributed by atoms with E-state index in [1.54, 1.807) is 4.90 Å². The van der Waals surface area contributed by atoms with Crippen LogP contribution in [0.4, 0.5) is 5.69 Å². The molecule has 1 aliphatic carbocycles. The second kappa shape index (κ2) is 7.56. The summed E-state index contributed by atoms with van der Waals surface area (Å²) in [5.74, 6) is -0.102. The van der Waals surface area contributed by atoms with Crippen LogP contribution in [0.2, 0.25) is 0 Å². The second-order valence-electron chi connectivity index (χ2n) is 6.85. The Bertz CT molecular complexity index is 876. The lowest BCUT2D eigenvalue weighted by atomic mass is 10.1. The first kappa shape index (κ1) is 17.8. The van der Waals surface area contributed by atoms with Crippen molar-refractivity contribution in [1.82, 2.24) is 5.32 Å². The molecule has 0 unspecified atom stereocenters. The second-order valence-corrected chi connectivity index (χ2v) is 7.93. The number of anilines is 1. The molecule has 2 aliphatic rings. The van der Waals surface area contributed by atoms with Crippen molar-refractivity contribution < 1.29 is 9.59 Å². The van der Waals surface area contributed by atoms with Gasteiger partial charge in [-0.3, -0.25) is 19.5 Å². The first-order chi connectivity index (χ1) is 13.1. The molecule has 1 fully saturated rings. The average molecular weight is 379 g/mol. The fourth-order valence-corrected chi connectivity index (χ4v) is 4.06. The van der Waals surface area contributed by atoms with Gasteiger partial charge in [0.1, 0.15) is 11.8 Å². The number of rotatable bonds is 5. The molecule has 6 heteroatoms. The summed E-state index contributed by atoms with van der Waals surface area (Å²) >= 11 is 1.34. The van der Waals surface area contributed by atoms with Crippen LogP contribution in [0.25, 0.3) is 0 Å². The van der Waals surface area contributed by atoms with Gasteiger partial charge in [-0.2, -0.15) is 0 Å². The van der Waals surface area contributed by atoms with Crippen LogP contribution in [-0.4, -0.2) is 29.6 Å². The fourth-order valence-electron chi connectivity index (χ4n) is 2.93. The zero-order chi connectivity index (χ0) is 18.8. The van der Waals surface area contributed by atoms with Crippen LogP contribution in [0, 0.1) is 6.92 Å². The maximum Gasteiger partial charge on any atom is 0.254 e. The summed E-state index contributed by atoms with van der Waals surface area (Å²) in [6.45, 7) is 2.12. The number of aryl methyl sites for hydroxylation is 1. The number of carbonyl (C=O) groups excluding carboxylic acids is 2. The lowest BCUT2D eigenvalue weighted by molar-refractivity contribution is -0.120. The Kier molecular flexibility index (Phi) is 4.99. The van der Waals surface area contributed by atoms with Crippen molar-refractivity contribution in [2.24, 2.45) is 4.99 Å². The summed E-state index contributed by atoms with van der Waals surface area (Å²) in [5.41, 5.74) is 2.82. The quantitative estimate of drug-likeness (QED) is 0.866. The number of hydrogen-bond acceptors (Lipinski definition) is 4. The molecule has 1 heterocycles. The summed E-state index contributed by atoms with van der Waals surface area (Å²) in [4.78, 5) is 31.3. The van der Waals surface area contributed by atoms with Gasteiger partial charge in [-0.15, -0.1) is 0 Å². The fraction of sp³-hybridized carbons (Fsp3) is 0.286. The topological polar surface area (TPSA) is 61.8 Å². The Morgan fingerprint density at radius 3 is 2.52 bits per heavy atom. The third kappa shape index (κ3) is 4.06. The number of nitrogens with zero attached hydrogens (tertiary/aromatic N) is 2. The van der Waals surface area contributed by atoms with E-state index in [1.807, 2.05) is 61.5 Å². The van der Waals surface area contributed by atoms with Crippen molar-refractivity contribution in [1.29, 1.82) is 0 Å². The summed E-state index contributed by atoms with van der Waals surface area (Å²) in [5, 5.41) is 3.21. The van der Waals surface area contributed by atoms with E-state index in [9.17, 15) is 9.59 Å². The predicted octanol–water partition coefficient (Wildman–Crippen LogP) is 3.45. The number of amides is 2. The van der Waals surface area contributed by atoms with Gasteiger partial charge in [-0.25, -0.2) is 0 Å². The molecule has 0 spiro atoms. The van der Waals surface area contributed by atoms with E-state index in [1.165, 1.54) is 11.8 Å². The maximum atomic E-state index is 12.9. The SMILES string of the molecule is Cc1ccc(N2C(=O)CN=C2S[C@@H](C(=O)NC2CC2)c2ccccc2)cc1. The first-order valence-electron chi connectivity index (χ1n) is 9.08. The van der Waals surface area contributed by atoms with Crippen molar-refractivity contribution in [3.63, 3.8) is 0 Å². The lowest BCUT2D eigenvalue weighted by Crippen LogP contribution is -2.34. The van der Waals surface area contributed by atoms with Crippen LogP contribution >= 0.6 is 11.8 Å². The van der Waals surface area contributed by atoms with Crippen LogP contribution in [0.15, 0.2) is 59.6 Å². The molecule has 1 atom stereocenters. The van der Waals surface area contributed by atoms with Gasteiger partial charge in [0.05, 0.1) is 5.69 Å². The van der Waals surface area contributed by atoms with Gasteiger partial charge in [-0.1, -0.05) is 59.8 Å².